The van der Waals surface area contributed by atoms with Crippen molar-refractivity contribution < 1.29 is 14.6 Å². The van der Waals surface area contributed by atoms with Crippen molar-refractivity contribution in [2.24, 2.45) is 0 Å². The number of benzene rings is 1. The van der Waals surface area contributed by atoms with Gasteiger partial charge in [0.05, 0.1) is 12.7 Å². The van der Waals surface area contributed by atoms with Crippen LogP contribution >= 0.6 is 0 Å². The van der Waals surface area contributed by atoms with Crippen molar-refractivity contribution in [1.82, 2.24) is 0 Å². The molecule has 0 aliphatic carbocycles. The molecule has 0 atom stereocenters. The molecule has 0 radical (unpaired) electrons. The van der Waals surface area contributed by atoms with E-state index in [2.05, 4.69) is 0 Å². The van der Waals surface area contributed by atoms with Crippen molar-refractivity contribution >= 4 is 11.5 Å². The summed E-state index contributed by atoms with van der Waals surface area (Å²) in [5, 5.41) is 8.92. The van der Waals surface area contributed by atoms with Crippen LogP contribution < -0.4 is 4.74 Å². The first-order valence-electron chi connectivity index (χ1n) is 4.23. The average molecular weight is 192 g/mol. The Bertz CT molecular complexity index is 367. The van der Waals surface area contributed by atoms with Gasteiger partial charge in [-0.25, -0.2) is 4.79 Å². The summed E-state index contributed by atoms with van der Waals surface area (Å²) in [5.41, 5.74) is 0.854. The minimum atomic E-state index is -0.947. The molecule has 3 heteroatoms. The Morgan fingerprint density at radius 1 is 1.43 bits per heavy atom. The lowest BCUT2D eigenvalue weighted by atomic mass is 10.1. The Labute approximate surface area is 82.6 Å². The topological polar surface area (TPSA) is 46.5 Å². The zero-order chi connectivity index (χ0) is 10.6. The molecule has 3 nitrogen and oxygen atoms in total. The highest BCUT2D eigenvalue weighted by atomic mass is 16.5. The van der Waals surface area contributed by atoms with Crippen LogP contribution in [0.4, 0.5) is 0 Å². The second-order valence-electron chi connectivity index (χ2n) is 2.71. The molecule has 1 rings (SSSR count). The summed E-state index contributed by atoms with van der Waals surface area (Å²) in [6, 6.07) is 7.05. The second kappa shape index (κ2) is 4.46. The third kappa shape index (κ3) is 1.93. The van der Waals surface area contributed by atoms with Crippen molar-refractivity contribution in [1.29, 1.82) is 0 Å². The van der Waals surface area contributed by atoms with Gasteiger partial charge in [-0.3, -0.25) is 0 Å². The molecule has 74 valence electrons. The zero-order valence-electron chi connectivity index (χ0n) is 8.15. The summed E-state index contributed by atoms with van der Waals surface area (Å²) in [4.78, 5) is 10.9. The first-order valence-corrected chi connectivity index (χ1v) is 4.23. The number of carbonyl (C=O) groups is 1. The minimum Gasteiger partial charge on any atom is -0.496 e. The Morgan fingerprint density at radius 2 is 2.07 bits per heavy atom. The van der Waals surface area contributed by atoms with Crippen molar-refractivity contribution in [3.8, 4) is 5.75 Å². The van der Waals surface area contributed by atoms with Crippen molar-refractivity contribution in [2.75, 3.05) is 7.11 Å². The van der Waals surface area contributed by atoms with E-state index in [-0.39, 0.29) is 5.57 Å². The summed E-state index contributed by atoms with van der Waals surface area (Å²) in [7, 11) is 1.52. The molecule has 0 saturated carbocycles. The molecule has 0 amide bonds. The van der Waals surface area contributed by atoms with Crippen LogP contribution in [0.2, 0.25) is 0 Å². The van der Waals surface area contributed by atoms with Gasteiger partial charge >= 0.3 is 5.97 Å². The van der Waals surface area contributed by atoms with Gasteiger partial charge in [0.1, 0.15) is 5.75 Å². The van der Waals surface area contributed by atoms with E-state index < -0.39 is 5.97 Å². The maximum Gasteiger partial charge on any atom is 0.336 e. The Morgan fingerprint density at radius 3 is 2.57 bits per heavy atom. The number of methoxy groups -OCH3 is 1. The Hall–Kier alpha value is -1.77. The van der Waals surface area contributed by atoms with Crippen molar-refractivity contribution in [2.45, 2.75) is 6.92 Å². The second-order valence-corrected chi connectivity index (χ2v) is 2.71. The monoisotopic (exact) mass is 192 g/mol. The minimum absolute atomic E-state index is 0.252. The number of carboxylic acid groups (broad SMARTS) is 1. The van der Waals surface area contributed by atoms with Crippen LogP contribution in [-0.2, 0) is 4.79 Å². The number of carboxylic acids is 1. The van der Waals surface area contributed by atoms with Gasteiger partial charge in [-0.2, -0.15) is 0 Å². The van der Waals surface area contributed by atoms with Crippen LogP contribution in [0.5, 0.6) is 5.75 Å². The molecule has 1 aromatic rings. The van der Waals surface area contributed by atoms with E-state index in [1.54, 1.807) is 37.3 Å². The number of hydrogen-bond acceptors (Lipinski definition) is 2. The molecule has 0 aromatic heterocycles. The van der Waals surface area contributed by atoms with Gasteiger partial charge in [0.15, 0.2) is 0 Å². The average Bonchev–Trinajstić information content (AvgIpc) is 2.19. The van der Waals surface area contributed by atoms with Gasteiger partial charge in [0.2, 0.25) is 0 Å². The van der Waals surface area contributed by atoms with Crippen LogP contribution in [-0.4, -0.2) is 18.2 Å². The van der Waals surface area contributed by atoms with Gasteiger partial charge in [-0.05, 0) is 13.0 Å². The van der Waals surface area contributed by atoms with E-state index in [4.69, 9.17) is 9.84 Å². The number of hydrogen-bond donors (Lipinski definition) is 1. The SMILES string of the molecule is CC=C(C(=O)O)c1ccccc1OC. The van der Waals surface area contributed by atoms with Crippen LogP contribution in [0.25, 0.3) is 5.57 Å². The summed E-state index contributed by atoms with van der Waals surface area (Å²) in [6.45, 7) is 1.69. The molecule has 0 spiro atoms. The van der Waals surface area contributed by atoms with Crippen LogP contribution in [0.15, 0.2) is 30.3 Å². The standard InChI is InChI=1S/C11H12O3/c1-3-8(11(12)13)9-6-4-5-7-10(9)14-2/h3-7H,1-2H3,(H,12,13). The van der Waals surface area contributed by atoms with E-state index in [1.165, 1.54) is 7.11 Å². The lowest BCUT2D eigenvalue weighted by Crippen LogP contribution is -2.01. The van der Waals surface area contributed by atoms with Gasteiger partial charge in [0, 0.05) is 5.56 Å². The quantitative estimate of drug-likeness (QED) is 0.746. The predicted molar refractivity (Wildman–Crippen MR) is 54.3 cm³/mol. The lowest BCUT2D eigenvalue weighted by molar-refractivity contribution is -0.130. The fraction of sp³-hybridized carbons (Fsp3) is 0.182. The van der Waals surface area contributed by atoms with Crippen LogP contribution in [0.1, 0.15) is 12.5 Å². The molecule has 0 unspecified atom stereocenters. The van der Waals surface area contributed by atoms with Gasteiger partial charge in [0.25, 0.3) is 0 Å². The van der Waals surface area contributed by atoms with Crippen molar-refractivity contribution in [3.63, 3.8) is 0 Å². The summed E-state index contributed by atoms with van der Waals surface area (Å²) in [6.07, 6.45) is 1.56. The first-order chi connectivity index (χ1) is 6.70. The summed E-state index contributed by atoms with van der Waals surface area (Å²) >= 11 is 0. The highest BCUT2D eigenvalue weighted by Crippen LogP contribution is 2.25. The van der Waals surface area contributed by atoms with E-state index in [9.17, 15) is 4.79 Å². The molecule has 14 heavy (non-hydrogen) atoms. The predicted octanol–water partition coefficient (Wildman–Crippen LogP) is 2.18. The van der Waals surface area contributed by atoms with Gasteiger partial charge in [-0.15, -0.1) is 0 Å². The smallest absolute Gasteiger partial charge is 0.336 e. The summed E-state index contributed by atoms with van der Waals surface area (Å²) < 4.78 is 5.07. The zero-order valence-corrected chi connectivity index (χ0v) is 8.15. The highest BCUT2D eigenvalue weighted by molar-refractivity contribution is 6.16. The van der Waals surface area contributed by atoms with E-state index in [1.807, 2.05) is 0 Å². The van der Waals surface area contributed by atoms with Gasteiger partial charge in [-0.1, -0.05) is 24.3 Å². The number of ether oxygens (including phenoxy) is 1. The maximum atomic E-state index is 10.9. The number of rotatable bonds is 3. The molecule has 0 heterocycles. The fourth-order valence-corrected chi connectivity index (χ4v) is 1.26. The first kappa shape index (κ1) is 10.3. The number of allylic oxidation sites excluding steroid dienone is 1. The molecule has 0 aliphatic rings. The Kier molecular flexibility index (Phi) is 3.29. The molecule has 1 N–H and O–H groups in total. The van der Waals surface area contributed by atoms with Crippen molar-refractivity contribution in [3.05, 3.63) is 35.9 Å². The molecular weight excluding hydrogens is 180 g/mol. The maximum absolute atomic E-state index is 10.9. The lowest BCUT2D eigenvalue weighted by Gasteiger charge is -2.07. The molecule has 1 aromatic carbocycles. The van der Waals surface area contributed by atoms with Crippen LogP contribution in [0.3, 0.4) is 0 Å². The van der Waals surface area contributed by atoms with Crippen LogP contribution in [0, 0.1) is 0 Å². The molecule has 0 bridgehead atoms. The molecular formula is C11H12O3. The largest absolute Gasteiger partial charge is 0.496 e. The molecule has 0 aliphatic heterocycles. The number of aliphatic carboxylic acids is 1. The van der Waals surface area contributed by atoms with Gasteiger partial charge < -0.3 is 9.84 Å². The Balaban J connectivity index is 3.23. The third-order valence-electron chi connectivity index (χ3n) is 1.92. The van der Waals surface area contributed by atoms with E-state index in [0.717, 1.165) is 0 Å². The van der Waals surface area contributed by atoms with E-state index in [0.29, 0.717) is 11.3 Å². The molecule has 0 fully saturated rings. The highest BCUT2D eigenvalue weighted by Gasteiger charge is 2.12. The summed E-state index contributed by atoms with van der Waals surface area (Å²) in [5.74, 6) is -0.375. The third-order valence-corrected chi connectivity index (χ3v) is 1.92. The normalized spacial score (nSPS) is 11.1. The fourth-order valence-electron chi connectivity index (χ4n) is 1.26. The number of para-hydroxylation sites is 1. The van der Waals surface area contributed by atoms with E-state index >= 15 is 0 Å². The molecule has 0 saturated heterocycles.